The normalized spacial score (nSPS) is 20.2. The molecule has 3 rings (SSSR count). The lowest BCUT2D eigenvalue weighted by Crippen LogP contribution is -2.38. The number of pyridine rings is 1. The van der Waals surface area contributed by atoms with Crippen molar-refractivity contribution in [1.29, 1.82) is 0 Å². The van der Waals surface area contributed by atoms with E-state index in [1.165, 1.54) is 0 Å². The largest absolute Gasteiger partial charge is 0.481 e. The number of hydrogen-bond donors (Lipinski definition) is 2. The fourth-order valence-electron chi connectivity index (χ4n) is 3.55. The van der Waals surface area contributed by atoms with Crippen molar-refractivity contribution >= 4 is 11.9 Å². The van der Waals surface area contributed by atoms with Gasteiger partial charge < -0.3 is 14.9 Å². The molecule has 3 heterocycles. The molecule has 1 aliphatic rings. The van der Waals surface area contributed by atoms with E-state index in [0.717, 1.165) is 0 Å². The number of aromatic nitrogens is 3. The van der Waals surface area contributed by atoms with Gasteiger partial charge >= 0.3 is 5.97 Å². The van der Waals surface area contributed by atoms with Crippen LogP contribution in [-0.2, 0) is 9.59 Å². The Hall–Kier alpha value is -2.81. The summed E-state index contributed by atoms with van der Waals surface area (Å²) in [6.07, 6.45) is 2.43. The fourth-order valence-corrected chi connectivity index (χ4v) is 3.55. The summed E-state index contributed by atoms with van der Waals surface area (Å²) < 4.78 is 5.43. The van der Waals surface area contributed by atoms with Gasteiger partial charge in [-0.15, -0.1) is 0 Å². The van der Waals surface area contributed by atoms with Crippen molar-refractivity contribution in [1.82, 2.24) is 25.3 Å². The van der Waals surface area contributed by atoms with Gasteiger partial charge in [-0.05, 0) is 31.0 Å². The van der Waals surface area contributed by atoms with Gasteiger partial charge in [-0.3, -0.25) is 19.5 Å². The van der Waals surface area contributed by atoms with E-state index in [2.05, 4.69) is 25.3 Å². The lowest BCUT2D eigenvalue weighted by molar-refractivity contribution is -0.139. The average Bonchev–Trinajstić information content (AvgIpc) is 3.20. The van der Waals surface area contributed by atoms with Crippen molar-refractivity contribution < 1.29 is 19.2 Å². The minimum absolute atomic E-state index is 0.0497. The van der Waals surface area contributed by atoms with Crippen molar-refractivity contribution in [2.75, 3.05) is 13.6 Å². The quantitative estimate of drug-likeness (QED) is 0.739. The first kappa shape index (κ1) is 19.9. The van der Waals surface area contributed by atoms with Crippen LogP contribution >= 0.6 is 0 Å². The van der Waals surface area contributed by atoms with Crippen molar-refractivity contribution in [3.63, 3.8) is 0 Å². The van der Waals surface area contributed by atoms with E-state index in [0.29, 0.717) is 30.4 Å². The number of nitrogens with zero attached hydrogens (tertiary/aromatic N) is 4. The molecule has 28 heavy (non-hydrogen) atoms. The van der Waals surface area contributed by atoms with E-state index in [4.69, 9.17) is 9.63 Å². The summed E-state index contributed by atoms with van der Waals surface area (Å²) in [5.41, 5.74) is 0.0489. The van der Waals surface area contributed by atoms with Crippen molar-refractivity contribution in [3.05, 3.63) is 30.3 Å². The predicted octanol–water partition coefficient (Wildman–Crippen LogP) is 1.88. The Balaban J connectivity index is 1.60. The lowest BCUT2D eigenvalue weighted by atomic mass is 9.85. The maximum atomic E-state index is 12.4. The number of carbonyl (C=O) groups excluding carboxylic acids is 1. The molecule has 9 nitrogen and oxygen atoms in total. The molecular formula is C19H25N5O4. The minimum atomic E-state index is -0.904. The van der Waals surface area contributed by atoms with Gasteiger partial charge in [0.15, 0.2) is 0 Å². The summed E-state index contributed by atoms with van der Waals surface area (Å²) in [5, 5.41) is 16.0. The molecule has 2 N–H and O–H groups in total. The van der Waals surface area contributed by atoms with Crippen LogP contribution < -0.4 is 5.32 Å². The molecule has 0 radical (unpaired) electrons. The van der Waals surface area contributed by atoms with Gasteiger partial charge in [0.05, 0.1) is 12.5 Å². The number of likely N-dealkylation sites (tertiary alicyclic amines) is 1. The number of carbonyl (C=O) groups is 2. The van der Waals surface area contributed by atoms with Gasteiger partial charge in [0.2, 0.25) is 17.6 Å². The van der Waals surface area contributed by atoms with Gasteiger partial charge in [-0.2, -0.15) is 4.98 Å². The molecule has 9 heteroatoms. The summed E-state index contributed by atoms with van der Waals surface area (Å²) in [4.78, 5) is 34.0. The van der Waals surface area contributed by atoms with Crippen LogP contribution in [0.5, 0.6) is 0 Å². The highest BCUT2D eigenvalue weighted by molar-refractivity contribution is 5.78. The van der Waals surface area contributed by atoms with E-state index in [1.807, 2.05) is 25.2 Å². The zero-order valence-electron chi connectivity index (χ0n) is 16.3. The van der Waals surface area contributed by atoms with Crippen LogP contribution in [0.15, 0.2) is 28.9 Å². The van der Waals surface area contributed by atoms with Crippen LogP contribution in [0.4, 0.5) is 0 Å². The molecule has 0 spiro atoms. The third kappa shape index (κ3) is 4.92. The zero-order chi connectivity index (χ0) is 20.3. The Morgan fingerprint density at radius 1 is 1.36 bits per heavy atom. The van der Waals surface area contributed by atoms with E-state index < -0.39 is 11.4 Å². The number of hydrogen-bond acceptors (Lipinski definition) is 7. The number of likely N-dealkylation sites (N-methyl/N-ethyl adjacent to an activating group) is 1. The van der Waals surface area contributed by atoms with E-state index in [-0.39, 0.29) is 30.8 Å². The van der Waals surface area contributed by atoms with E-state index >= 15 is 0 Å². The summed E-state index contributed by atoms with van der Waals surface area (Å²) in [7, 11) is 1.94. The fraction of sp³-hybridized carbons (Fsp3) is 0.526. The third-order valence-corrected chi connectivity index (χ3v) is 4.80. The van der Waals surface area contributed by atoms with Crippen LogP contribution in [0.3, 0.4) is 0 Å². The number of aliphatic carboxylic acids is 1. The van der Waals surface area contributed by atoms with Crippen molar-refractivity contribution in [3.8, 4) is 11.5 Å². The van der Waals surface area contributed by atoms with Crippen LogP contribution in [0, 0.1) is 5.41 Å². The molecule has 0 aromatic carbocycles. The molecule has 2 aromatic heterocycles. The number of carboxylic acid groups (broad SMARTS) is 1. The van der Waals surface area contributed by atoms with Crippen LogP contribution in [0.1, 0.15) is 45.0 Å². The zero-order valence-corrected chi connectivity index (χ0v) is 16.3. The Morgan fingerprint density at radius 3 is 2.82 bits per heavy atom. The van der Waals surface area contributed by atoms with Crippen LogP contribution in [-0.4, -0.2) is 56.6 Å². The number of rotatable bonds is 7. The molecule has 1 saturated heterocycles. The molecule has 1 fully saturated rings. The highest BCUT2D eigenvalue weighted by atomic mass is 16.5. The maximum Gasteiger partial charge on any atom is 0.303 e. The monoisotopic (exact) mass is 387 g/mol. The highest BCUT2D eigenvalue weighted by Crippen LogP contribution is 2.31. The number of nitrogens with one attached hydrogen (secondary N) is 1. The Labute approximate surface area is 163 Å². The standard InChI is InChI=1S/C19H25N5O4/c1-19(2,10-16(26)27)9-15(25)21-12-8-14(24(3)11-12)18-22-17(23-28-18)13-6-4-5-7-20-13/h4-7,12,14H,8-11H2,1-3H3,(H,21,25)(H,26,27). The first-order chi connectivity index (χ1) is 13.2. The second-order valence-corrected chi connectivity index (χ2v) is 8.04. The van der Waals surface area contributed by atoms with Gasteiger partial charge in [0.25, 0.3) is 0 Å². The Morgan fingerprint density at radius 2 is 2.14 bits per heavy atom. The predicted molar refractivity (Wildman–Crippen MR) is 100 cm³/mol. The second kappa shape index (κ2) is 8.05. The smallest absolute Gasteiger partial charge is 0.303 e. The number of amides is 1. The average molecular weight is 387 g/mol. The second-order valence-electron chi connectivity index (χ2n) is 8.04. The van der Waals surface area contributed by atoms with E-state index in [9.17, 15) is 9.59 Å². The lowest BCUT2D eigenvalue weighted by Gasteiger charge is -2.22. The molecule has 2 unspecified atom stereocenters. The topological polar surface area (TPSA) is 121 Å². The summed E-state index contributed by atoms with van der Waals surface area (Å²) in [6.45, 7) is 4.21. The minimum Gasteiger partial charge on any atom is -0.481 e. The van der Waals surface area contributed by atoms with E-state index in [1.54, 1.807) is 20.0 Å². The van der Waals surface area contributed by atoms with Gasteiger partial charge in [-0.25, -0.2) is 0 Å². The molecule has 0 bridgehead atoms. The van der Waals surface area contributed by atoms with Gasteiger partial charge in [0.1, 0.15) is 5.69 Å². The molecule has 0 aliphatic carbocycles. The number of carboxylic acids is 1. The molecule has 0 saturated carbocycles. The van der Waals surface area contributed by atoms with Crippen LogP contribution in [0.2, 0.25) is 0 Å². The van der Waals surface area contributed by atoms with Crippen molar-refractivity contribution in [2.24, 2.45) is 5.41 Å². The maximum absolute atomic E-state index is 12.4. The molecule has 1 amide bonds. The molecule has 2 aromatic rings. The summed E-state index contributed by atoms with van der Waals surface area (Å²) >= 11 is 0. The third-order valence-electron chi connectivity index (χ3n) is 4.80. The first-order valence-electron chi connectivity index (χ1n) is 9.20. The molecular weight excluding hydrogens is 362 g/mol. The van der Waals surface area contributed by atoms with Crippen LogP contribution in [0.25, 0.3) is 11.5 Å². The van der Waals surface area contributed by atoms with Crippen molar-refractivity contribution in [2.45, 2.75) is 45.2 Å². The highest BCUT2D eigenvalue weighted by Gasteiger charge is 2.36. The first-order valence-corrected chi connectivity index (χ1v) is 9.20. The SMILES string of the molecule is CN1CC(NC(=O)CC(C)(C)CC(=O)O)CC1c1nc(-c2ccccn2)no1. The molecule has 2 atom stereocenters. The Kier molecular flexibility index (Phi) is 5.73. The Bertz CT molecular complexity index is 836. The summed E-state index contributed by atoms with van der Waals surface area (Å²) in [5.74, 6) is -0.124. The molecule has 1 aliphatic heterocycles. The van der Waals surface area contributed by atoms with Gasteiger partial charge in [0, 0.05) is 25.2 Å². The summed E-state index contributed by atoms with van der Waals surface area (Å²) in [6, 6.07) is 5.34. The molecule has 150 valence electrons. The van der Waals surface area contributed by atoms with Gasteiger partial charge in [-0.1, -0.05) is 25.1 Å².